The van der Waals surface area contributed by atoms with Crippen molar-refractivity contribution in [3.05, 3.63) is 41.5 Å². The summed E-state index contributed by atoms with van der Waals surface area (Å²) in [7, 11) is 0. The minimum atomic E-state index is 0.0248. The molecule has 1 saturated heterocycles. The summed E-state index contributed by atoms with van der Waals surface area (Å²) in [6.45, 7) is 5.87. The first-order valence-corrected chi connectivity index (χ1v) is 7.73. The first-order valence-electron chi connectivity index (χ1n) is 7.73. The van der Waals surface area contributed by atoms with Crippen LogP contribution in [-0.4, -0.2) is 35.6 Å². The van der Waals surface area contributed by atoms with Gasteiger partial charge in [0.15, 0.2) is 0 Å². The van der Waals surface area contributed by atoms with Crippen LogP contribution in [0, 0.1) is 12.3 Å². The number of aryl methyl sites for hydroxylation is 1. The van der Waals surface area contributed by atoms with E-state index in [0.29, 0.717) is 0 Å². The fourth-order valence-corrected chi connectivity index (χ4v) is 2.87. The third kappa shape index (κ3) is 3.94. The molecule has 0 aromatic heterocycles. The highest BCUT2D eigenvalue weighted by molar-refractivity contribution is 5.91. The predicted molar refractivity (Wildman–Crippen MR) is 85.8 cm³/mol. The molecule has 0 bridgehead atoms. The molecule has 1 amide bonds. The van der Waals surface area contributed by atoms with Gasteiger partial charge in [0, 0.05) is 25.8 Å². The predicted octanol–water partition coefficient (Wildman–Crippen LogP) is 3.02. The molecule has 0 aliphatic carbocycles. The Hall–Kier alpha value is -1.61. The fourth-order valence-electron chi connectivity index (χ4n) is 2.87. The number of aliphatic hydroxyl groups excluding tert-OH is 1. The molecule has 1 fully saturated rings. The number of amides is 1. The molecule has 0 atom stereocenters. The second-order valence-corrected chi connectivity index (χ2v) is 6.08. The maximum atomic E-state index is 12.2. The van der Waals surface area contributed by atoms with Gasteiger partial charge in [-0.05, 0) is 43.2 Å². The molecule has 1 N–H and O–H groups in total. The summed E-state index contributed by atoms with van der Waals surface area (Å²) < 4.78 is 0. The highest BCUT2D eigenvalue weighted by Gasteiger charge is 2.33. The molecule has 1 heterocycles. The molecule has 0 unspecified atom stereocenters. The van der Waals surface area contributed by atoms with E-state index >= 15 is 0 Å². The van der Waals surface area contributed by atoms with Crippen molar-refractivity contribution in [2.24, 2.45) is 5.41 Å². The SMILES string of the molecule is CCC1(CO)CCN(C(=O)/C=C/c2cccc(C)c2)CC1. The van der Waals surface area contributed by atoms with Gasteiger partial charge in [-0.25, -0.2) is 0 Å². The van der Waals surface area contributed by atoms with Gasteiger partial charge in [0.25, 0.3) is 0 Å². The Kier molecular flexibility index (Phi) is 5.18. The Morgan fingerprint density at radius 2 is 2.10 bits per heavy atom. The molecule has 0 saturated carbocycles. The third-order valence-corrected chi connectivity index (χ3v) is 4.68. The van der Waals surface area contributed by atoms with Gasteiger partial charge in [0.1, 0.15) is 0 Å². The lowest BCUT2D eigenvalue weighted by molar-refractivity contribution is -0.128. The molecule has 21 heavy (non-hydrogen) atoms. The van der Waals surface area contributed by atoms with Crippen LogP contribution in [0.2, 0.25) is 0 Å². The van der Waals surface area contributed by atoms with Crippen LogP contribution in [0.1, 0.15) is 37.3 Å². The van der Waals surface area contributed by atoms with Gasteiger partial charge in [-0.3, -0.25) is 4.79 Å². The number of aliphatic hydroxyl groups is 1. The Balaban J connectivity index is 1.93. The summed E-state index contributed by atoms with van der Waals surface area (Å²) in [5.41, 5.74) is 2.27. The maximum absolute atomic E-state index is 12.2. The zero-order valence-corrected chi connectivity index (χ0v) is 13.0. The van der Waals surface area contributed by atoms with Crippen LogP contribution in [-0.2, 0) is 4.79 Å². The van der Waals surface area contributed by atoms with Crippen LogP contribution in [0.25, 0.3) is 6.08 Å². The lowest BCUT2D eigenvalue weighted by Gasteiger charge is -2.39. The van der Waals surface area contributed by atoms with Crippen LogP contribution >= 0.6 is 0 Å². The Labute approximate surface area is 127 Å². The molecule has 1 aromatic carbocycles. The molecule has 1 aromatic rings. The third-order valence-electron chi connectivity index (χ3n) is 4.68. The molecule has 114 valence electrons. The first kappa shape index (κ1) is 15.8. The molecule has 2 rings (SSSR count). The summed E-state index contributed by atoms with van der Waals surface area (Å²) in [4.78, 5) is 14.1. The van der Waals surface area contributed by atoms with E-state index in [9.17, 15) is 9.90 Å². The largest absolute Gasteiger partial charge is 0.396 e. The van der Waals surface area contributed by atoms with Gasteiger partial charge in [-0.2, -0.15) is 0 Å². The van der Waals surface area contributed by atoms with Crippen LogP contribution in [0.15, 0.2) is 30.3 Å². The standard InChI is InChI=1S/C18H25NO2/c1-3-18(14-20)9-11-19(12-10-18)17(21)8-7-16-6-4-5-15(2)13-16/h4-8,13,20H,3,9-12,14H2,1-2H3/b8-7+. The van der Waals surface area contributed by atoms with E-state index in [-0.39, 0.29) is 17.9 Å². The lowest BCUT2D eigenvalue weighted by Crippen LogP contribution is -2.43. The number of piperidine rings is 1. The maximum Gasteiger partial charge on any atom is 0.246 e. The minimum Gasteiger partial charge on any atom is -0.396 e. The zero-order valence-electron chi connectivity index (χ0n) is 13.0. The number of rotatable bonds is 4. The van der Waals surface area contributed by atoms with Crippen molar-refractivity contribution in [3.8, 4) is 0 Å². The molecule has 1 aliphatic rings. The van der Waals surface area contributed by atoms with Gasteiger partial charge >= 0.3 is 0 Å². The van der Waals surface area contributed by atoms with Crippen LogP contribution in [0.5, 0.6) is 0 Å². The zero-order chi connectivity index (χ0) is 15.3. The molecule has 3 heteroatoms. The highest BCUT2D eigenvalue weighted by atomic mass is 16.3. The summed E-state index contributed by atoms with van der Waals surface area (Å²) in [5, 5.41) is 9.53. The summed E-state index contributed by atoms with van der Waals surface area (Å²) in [5.74, 6) is 0.0687. The number of hydrogen-bond acceptors (Lipinski definition) is 2. The van der Waals surface area contributed by atoms with Crippen LogP contribution < -0.4 is 0 Å². The fraction of sp³-hybridized carbons (Fsp3) is 0.500. The van der Waals surface area contributed by atoms with Crippen molar-refractivity contribution in [2.75, 3.05) is 19.7 Å². The van der Waals surface area contributed by atoms with Gasteiger partial charge in [-0.15, -0.1) is 0 Å². The van der Waals surface area contributed by atoms with Crippen molar-refractivity contribution in [1.29, 1.82) is 0 Å². The van der Waals surface area contributed by atoms with Gasteiger partial charge in [0.05, 0.1) is 0 Å². The molecular formula is C18H25NO2. The molecular weight excluding hydrogens is 262 g/mol. The number of carbonyl (C=O) groups is 1. The van der Waals surface area contributed by atoms with Crippen LogP contribution in [0.3, 0.4) is 0 Å². The van der Waals surface area contributed by atoms with Crippen molar-refractivity contribution < 1.29 is 9.90 Å². The Bertz CT molecular complexity index is 508. The van der Waals surface area contributed by atoms with E-state index in [0.717, 1.165) is 37.9 Å². The van der Waals surface area contributed by atoms with Gasteiger partial charge in [0.2, 0.25) is 5.91 Å². The second-order valence-electron chi connectivity index (χ2n) is 6.08. The summed E-state index contributed by atoms with van der Waals surface area (Å²) in [6.07, 6.45) is 6.30. The van der Waals surface area contributed by atoms with Gasteiger partial charge in [-0.1, -0.05) is 36.8 Å². The second kappa shape index (κ2) is 6.90. The monoisotopic (exact) mass is 287 g/mol. The van der Waals surface area contributed by atoms with E-state index < -0.39 is 0 Å². The molecule has 3 nitrogen and oxygen atoms in total. The molecule has 0 spiro atoms. The molecule has 0 radical (unpaired) electrons. The first-order chi connectivity index (χ1) is 10.1. The smallest absolute Gasteiger partial charge is 0.246 e. The normalized spacial score (nSPS) is 18.1. The summed E-state index contributed by atoms with van der Waals surface area (Å²) in [6, 6.07) is 8.11. The molecule has 1 aliphatic heterocycles. The van der Waals surface area contributed by atoms with Crippen molar-refractivity contribution >= 4 is 12.0 Å². The number of carbonyl (C=O) groups excluding carboxylic acids is 1. The van der Waals surface area contributed by atoms with Gasteiger partial charge < -0.3 is 10.0 Å². The Morgan fingerprint density at radius 3 is 2.67 bits per heavy atom. The average Bonchev–Trinajstić information content (AvgIpc) is 2.53. The lowest BCUT2D eigenvalue weighted by atomic mass is 9.77. The number of hydrogen-bond donors (Lipinski definition) is 1. The minimum absolute atomic E-state index is 0.0248. The number of likely N-dealkylation sites (tertiary alicyclic amines) is 1. The highest BCUT2D eigenvalue weighted by Crippen LogP contribution is 2.34. The van der Waals surface area contributed by atoms with E-state index in [1.165, 1.54) is 5.56 Å². The Morgan fingerprint density at radius 1 is 1.38 bits per heavy atom. The van der Waals surface area contributed by atoms with E-state index in [1.54, 1.807) is 6.08 Å². The van der Waals surface area contributed by atoms with E-state index in [1.807, 2.05) is 36.1 Å². The van der Waals surface area contributed by atoms with Crippen LogP contribution in [0.4, 0.5) is 0 Å². The topological polar surface area (TPSA) is 40.5 Å². The van der Waals surface area contributed by atoms with Crippen molar-refractivity contribution in [1.82, 2.24) is 4.90 Å². The van der Waals surface area contributed by atoms with Crippen molar-refractivity contribution in [2.45, 2.75) is 33.1 Å². The quantitative estimate of drug-likeness (QED) is 0.865. The van der Waals surface area contributed by atoms with Crippen molar-refractivity contribution in [3.63, 3.8) is 0 Å². The van der Waals surface area contributed by atoms with E-state index in [4.69, 9.17) is 0 Å². The average molecular weight is 287 g/mol. The summed E-state index contributed by atoms with van der Waals surface area (Å²) >= 11 is 0. The number of nitrogens with zero attached hydrogens (tertiary/aromatic N) is 1. The number of benzene rings is 1. The van der Waals surface area contributed by atoms with E-state index in [2.05, 4.69) is 13.0 Å².